The monoisotopic (exact) mass is 384 g/mol. The minimum atomic E-state index is 0. The number of carbonyl (C=O) groups excluding carboxylic acids is 1. The van der Waals surface area contributed by atoms with Gasteiger partial charge in [-0.2, -0.15) is 0 Å². The number of carbonyl (C=O) groups is 1. The zero-order valence-corrected chi connectivity index (χ0v) is 17.1. The molecule has 0 saturated carbocycles. The topological polar surface area (TPSA) is 50.8 Å². The normalized spacial score (nSPS) is 14.7. The van der Waals surface area contributed by atoms with E-state index in [-0.39, 0.29) is 18.3 Å². The average Bonchev–Trinajstić information content (AvgIpc) is 2.65. The van der Waals surface area contributed by atoms with Gasteiger partial charge in [-0.15, -0.1) is 12.4 Å². The second kappa shape index (κ2) is 12.0. The van der Waals surface area contributed by atoms with Gasteiger partial charge in [-0.3, -0.25) is 4.79 Å². The van der Waals surface area contributed by atoms with Crippen molar-refractivity contribution in [3.05, 3.63) is 23.8 Å². The minimum Gasteiger partial charge on any atom is -0.490 e. The van der Waals surface area contributed by atoms with Crippen molar-refractivity contribution in [1.82, 2.24) is 10.2 Å². The molecule has 1 fully saturated rings. The van der Waals surface area contributed by atoms with Crippen molar-refractivity contribution in [2.45, 2.75) is 40.0 Å². The van der Waals surface area contributed by atoms with Crippen LogP contribution in [0.1, 0.15) is 50.4 Å². The average molecular weight is 385 g/mol. The van der Waals surface area contributed by atoms with Crippen LogP contribution in [0.4, 0.5) is 0 Å². The molecule has 0 unspecified atom stereocenters. The van der Waals surface area contributed by atoms with Gasteiger partial charge in [-0.05, 0) is 63.4 Å². The number of halogens is 1. The van der Waals surface area contributed by atoms with Gasteiger partial charge in [0.05, 0.1) is 13.2 Å². The molecule has 1 aromatic rings. The van der Waals surface area contributed by atoms with Crippen molar-refractivity contribution in [2.75, 3.05) is 39.4 Å². The van der Waals surface area contributed by atoms with Crippen LogP contribution < -0.4 is 14.8 Å². The first-order valence-corrected chi connectivity index (χ1v) is 9.59. The van der Waals surface area contributed by atoms with E-state index >= 15 is 0 Å². The van der Waals surface area contributed by atoms with E-state index in [0.717, 1.165) is 45.4 Å². The molecule has 26 heavy (non-hydrogen) atoms. The van der Waals surface area contributed by atoms with Gasteiger partial charge in [0.15, 0.2) is 11.5 Å². The number of likely N-dealkylation sites (tertiary alicyclic amines) is 1. The Morgan fingerprint density at radius 3 is 2.50 bits per heavy atom. The molecule has 1 N–H and O–H groups in total. The van der Waals surface area contributed by atoms with Crippen molar-refractivity contribution in [2.24, 2.45) is 5.92 Å². The number of nitrogens with zero attached hydrogens (tertiary/aromatic N) is 1. The summed E-state index contributed by atoms with van der Waals surface area (Å²) in [6.45, 7) is 11.0. The first kappa shape index (κ1) is 22.6. The quantitative estimate of drug-likeness (QED) is 0.704. The van der Waals surface area contributed by atoms with Crippen molar-refractivity contribution < 1.29 is 14.3 Å². The number of piperidine rings is 1. The van der Waals surface area contributed by atoms with Gasteiger partial charge in [0.1, 0.15) is 0 Å². The summed E-state index contributed by atoms with van der Waals surface area (Å²) < 4.78 is 11.4. The van der Waals surface area contributed by atoms with Gasteiger partial charge in [-0.25, -0.2) is 0 Å². The molecule has 2 rings (SSSR count). The number of nitrogens with one attached hydrogen (secondary N) is 1. The van der Waals surface area contributed by atoms with Crippen LogP contribution in [0.5, 0.6) is 11.5 Å². The highest BCUT2D eigenvalue weighted by Crippen LogP contribution is 2.30. The third-order valence-electron chi connectivity index (χ3n) is 4.54. The molecular weight excluding hydrogens is 352 g/mol. The fourth-order valence-electron chi connectivity index (χ4n) is 3.11. The second-order valence-corrected chi connectivity index (χ2v) is 6.49. The van der Waals surface area contributed by atoms with Crippen LogP contribution in [0.2, 0.25) is 0 Å². The Bertz CT molecular complexity index is 546. The minimum absolute atomic E-state index is 0. The molecule has 6 heteroatoms. The fourth-order valence-corrected chi connectivity index (χ4v) is 3.11. The van der Waals surface area contributed by atoms with Gasteiger partial charge in [0.2, 0.25) is 0 Å². The standard InChI is InChI=1S/C20H32N2O3.ClH/c1-4-13-25-18-8-7-17(14-19(18)24-6-3)20(23)22-11-9-16(10-12-22)15-21-5-2;/h7-8,14,16,21H,4-6,9-13,15H2,1-3H3;1H. The van der Waals surface area contributed by atoms with Crippen LogP contribution in [-0.2, 0) is 0 Å². The molecular formula is C20H33ClN2O3. The van der Waals surface area contributed by atoms with E-state index in [1.807, 2.05) is 30.0 Å². The van der Waals surface area contributed by atoms with Crippen molar-refractivity contribution in [1.29, 1.82) is 0 Å². The molecule has 0 radical (unpaired) electrons. The second-order valence-electron chi connectivity index (χ2n) is 6.49. The molecule has 0 aliphatic carbocycles. The summed E-state index contributed by atoms with van der Waals surface area (Å²) >= 11 is 0. The summed E-state index contributed by atoms with van der Waals surface area (Å²) in [6.07, 6.45) is 3.07. The van der Waals surface area contributed by atoms with Crippen LogP contribution in [0.15, 0.2) is 18.2 Å². The van der Waals surface area contributed by atoms with E-state index < -0.39 is 0 Å². The molecule has 0 bridgehead atoms. The zero-order chi connectivity index (χ0) is 18.1. The van der Waals surface area contributed by atoms with Crippen LogP contribution >= 0.6 is 12.4 Å². The van der Waals surface area contributed by atoms with Crippen LogP contribution in [0.25, 0.3) is 0 Å². The molecule has 0 atom stereocenters. The van der Waals surface area contributed by atoms with Crippen LogP contribution in [0, 0.1) is 5.92 Å². The zero-order valence-electron chi connectivity index (χ0n) is 16.3. The first-order valence-electron chi connectivity index (χ1n) is 9.59. The third-order valence-corrected chi connectivity index (χ3v) is 4.54. The number of rotatable bonds is 9. The maximum atomic E-state index is 12.8. The predicted molar refractivity (Wildman–Crippen MR) is 108 cm³/mol. The lowest BCUT2D eigenvalue weighted by Gasteiger charge is -2.32. The maximum Gasteiger partial charge on any atom is 0.253 e. The number of hydrogen-bond donors (Lipinski definition) is 1. The fraction of sp³-hybridized carbons (Fsp3) is 0.650. The smallest absolute Gasteiger partial charge is 0.253 e. The summed E-state index contributed by atoms with van der Waals surface area (Å²) in [6, 6.07) is 5.52. The van der Waals surface area contributed by atoms with E-state index in [4.69, 9.17) is 9.47 Å². The highest BCUT2D eigenvalue weighted by Gasteiger charge is 2.24. The van der Waals surface area contributed by atoms with E-state index in [0.29, 0.717) is 36.2 Å². The van der Waals surface area contributed by atoms with Crippen molar-refractivity contribution in [3.8, 4) is 11.5 Å². The Morgan fingerprint density at radius 1 is 1.15 bits per heavy atom. The number of benzene rings is 1. The molecule has 5 nitrogen and oxygen atoms in total. The van der Waals surface area contributed by atoms with E-state index in [9.17, 15) is 4.79 Å². The molecule has 1 saturated heterocycles. The molecule has 0 aromatic heterocycles. The van der Waals surface area contributed by atoms with Crippen LogP contribution in [-0.4, -0.2) is 50.2 Å². The highest BCUT2D eigenvalue weighted by atomic mass is 35.5. The molecule has 1 amide bonds. The summed E-state index contributed by atoms with van der Waals surface area (Å²) in [5, 5.41) is 3.40. The lowest BCUT2D eigenvalue weighted by molar-refractivity contribution is 0.0689. The van der Waals surface area contributed by atoms with E-state index in [1.165, 1.54) is 0 Å². The van der Waals surface area contributed by atoms with E-state index in [2.05, 4.69) is 19.2 Å². The van der Waals surface area contributed by atoms with Gasteiger partial charge in [0.25, 0.3) is 5.91 Å². The number of ether oxygens (including phenoxy) is 2. The van der Waals surface area contributed by atoms with E-state index in [1.54, 1.807) is 0 Å². The van der Waals surface area contributed by atoms with Gasteiger partial charge in [-0.1, -0.05) is 13.8 Å². The predicted octanol–water partition coefficient (Wildman–Crippen LogP) is 3.76. The molecule has 1 heterocycles. The number of amides is 1. The van der Waals surface area contributed by atoms with Gasteiger partial charge >= 0.3 is 0 Å². The van der Waals surface area contributed by atoms with Crippen molar-refractivity contribution in [3.63, 3.8) is 0 Å². The summed E-state index contributed by atoms with van der Waals surface area (Å²) in [7, 11) is 0. The highest BCUT2D eigenvalue weighted by molar-refractivity contribution is 5.95. The lowest BCUT2D eigenvalue weighted by Crippen LogP contribution is -2.40. The molecule has 0 spiro atoms. The van der Waals surface area contributed by atoms with Crippen LogP contribution in [0.3, 0.4) is 0 Å². The Hall–Kier alpha value is -1.46. The first-order chi connectivity index (χ1) is 12.2. The Kier molecular flexibility index (Phi) is 10.4. The van der Waals surface area contributed by atoms with Gasteiger partial charge in [0, 0.05) is 18.7 Å². The van der Waals surface area contributed by atoms with Gasteiger partial charge < -0.3 is 19.7 Å². The Morgan fingerprint density at radius 2 is 1.88 bits per heavy atom. The largest absolute Gasteiger partial charge is 0.490 e. The number of hydrogen-bond acceptors (Lipinski definition) is 4. The summed E-state index contributed by atoms with van der Waals surface area (Å²) in [5.74, 6) is 2.13. The summed E-state index contributed by atoms with van der Waals surface area (Å²) in [4.78, 5) is 14.8. The SMILES string of the molecule is CCCOc1ccc(C(=O)N2CCC(CNCC)CC2)cc1OCC.Cl. The summed E-state index contributed by atoms with van der Waals surface area (Å²) in [5.41, 5.74) is 0.678. The molecule has 1 aromatic carbocycles. The molecule has 1 aliphatic rings. The molecule has 148 valence electrons. The van der Waals surface area contributed by atoms with Crippen molar-refractivity contribution >= 4 is 18.3 Å². The Balaban J connectivity index is 0.00000338. The maximum absolute atomic E-state index is 12.8. The molecule has 1 aliphatic heterocycles. The Labute approximate surface area is 163 Å². The lowest BCUT2D eigenvalue weighted by atomic mass is 9.96. The third kappa shape index (κ3) is 6.36.